The highest BCUT2D eigenvalue weighted by atomic mass is 16.5. The number of ether oxygens (including phenoxy) is 1. The quantitative estimate of drug-likeness (QED) is 0.600. The number of benzene rings is 1. The summed E-state index contributed by atoms with van der Waals surface area (Å²) in [5.74, 6) is 1.99. The molecule has 0 amide bonds. The van der Waals surface area contributed by atoms with E-state index in [0.717, 1.165) is 5.69 Å². The maximum Gasteiger partial charge on any atom is 0.273 e. The van der Waals surface area contributed by atoms with Crippen molar-refractivity contribution >= 4 is 22.5 Å². The molecule has 4 aromatic rings. The average Bonchev–Trinajstić information content (AvgIpc) is 2.99. The molecule has 0 aliphatic carbocycles. The fourth-order valence-electron chi connectivity index (χ4n) is 2.62. The van der Waals surface area contributed by atoms with Gasteiger partial charge in [0.2, 0.25) is 0 Å². The van der Waals surface area contributed by atoms with Crippen LogP contribution in [-0.4, -0.2) is 26.9 Å². The first-order valence-corrected chi connectivity index (χ1v) is 7.68. The van der Waals surface area contributed by atoms with E-state index in [1.165, 1.54) is 0 Å². The molecule has 7 nitrogen and oxygen atoms in total. The number of rotatable bonds is 4. The van der Waals surface area contributed by atoms with Crippen molar-refractivity contribution in [3.63, 3.8) is 0 Å². The monoisotopic (exact) mass is 333 g/mol. The molecule has 3 aromatic heterocycles. The SMILES string of the molecule is COc1cccc(-n2[nH]c(=O)c3cnc(Nc4ccccn4)cc32)c1. The first-order valence-electron chi connectivity index (χ1n) is 7.68. The van der Waals surface area contributed by atoms with E-state index < -0.39 is 0 Å². The van der Waals surface area contributed by atoms with Crippen molar-refractivity contribution in [2.75, 3.05) is 12.4 Å². The maximum absolute atomic E-state index is 12.2. The zero-order valence-corrected chi connectivity index (χ0v) is 13.4. The van der Waals surface area contributed by atoms with Crippen LogP contribution < -0.4 is 15.6 Å². The van der Waals surface area contributed by atoms with Gasteiger partial charge in [-0.2, -0.15) is 0 Å². The highest BCUT2D eigenvalue weighted by Crippen LogP contribution is 2.22. The van der Waals surface area contributed by atoms with Crippen molar-refractivity contribution in [1.29, 1.82) is 0 Å². The van der Waals surface area contributed by atoms with Gasteiger partial charge in [0.05, 0.1) is 23.7 Å². The van der Waals surface area contributed by atoms with Gasteiger partial charge in [0.1, 0.15) is 17.4 Å². The van der Waals surface area contributed by atoms with E-state index in [2.05, 4.69) is 20.4 Å². The zero-order chi connectivity index (χ0) is 17.2. The van der Waals surface area contributed by atoms with Gasteiger partial charge in [0.25, 0.3) is 5.56 Å². The fourth-order valence-corrected chi connectivity index (χ4v) is 2.62. The number of aromatic amines is 1. The van der Waals surface area contributed by atoms with Crippen LogP contribution in [0.1, 0.15) is 0 Å². The van der Waals surface area contributed by atoms with Gasteiger partial charge in [0.15, 0.2) is 0 Å². The molecule has 3 heterocycles. The van der Waals surface area contributed by atoms with Gasteiger partial charge in [-0.15, -0.1) is 0 Å². The van der Waals surface area contributed by atoms with Gasteiger partial charge in [-0.05, 0) is 24.3 Å². The van der Waals surface area contributed by atoms with Crippen LogP contribution in [-0.2, 0) is 0 Å². The highest BCUT2D eigenvalue weighted by Gasteiger charge is 2.11. The lowest BCUT2D eigenvalue weighted by atomic mass is 10.2. The summed E-state index contributed by atoms with van der Waals surface area (Å²) in [6.45, 7) is 0. The standard InChI is InChI=1S/C18H15N5O2/c1-25-13-6-4-5-12(9-13)23-15-10-17(20-11-14(15)18(24)22-23)21-16-7-2-3-8-19-16/h2-11H,1H3,(H,22,24)(H,19,20,21). The largest absolute Gasteiger partial charge is 0.497 e. The number of nitrogens with zero attached hydrogens (tertiary/aromatic N) is 3. The topological polar surface area (TPSA) is 84.8 Å². The minimum absolute atomic E-state index is 0.199. The number of fused-ring (bicyclic) bond motifs is 1. The molecule has 124 valence electrons. The predicted octanol–water partition coefficient (Wildman–Crippen LogP) is 2.86. The van der Waals surface area contributed by atoms with Crippen molar-refractivity contribution in [2.24, 2.45) is 0 Å². The Balaban J connectivity index is 1.82. The smallest absolute Gasteiger partial charge is 0.273 e. The van der Waals surface area contributed by atoms with Crippen LogP contribution >= 0.6 is 0 Å². The van der Waals surface area contributed by atoms with E-state index in [9.17, 15) is 4.79 Å². The molecular formula is C18H15N5O2. The van der Waals surface area contributed by atoms with Gasteiger partial charge in [0, 0.05) is 24.5 Å². The molecular weight excluding hydrogens is 318 g/mol. The summed E-state index contributed by atoms with van der Waals surface area (Å²) in [6.07, 6.45) is 3.25. The third kappa shape index (κ3) is 2.83. The third-order valence-corrected chi connectivity index (χ3v) is 3.81. The van der Waals surface area contributed by atoms with Crippen molar-refractivity contribution < 1.29 is 4.74 Å². The fraction of sp³-hybridized carbons (Fsp3) is 0.0556. The van der Waals surface area contributed by atoms with Crippen LogP contribution in [0.25, 0.3) is 16.6 Å². The van der Waals surface area contributed by atoms with Crippen molar-refractivity contribution in [3.05, 3.63) is 71.3 Å². The summed E-state index contributed by atoms with van der Waals surface area (Å²) in [7, 11) is 1.61. The number of nitrogens with one attached hydrogen (secondary N) is 2. The molecule has 0 aliphatic rings. The summed E-state index contributed by atoms with van der Waals surface area (Å²) < 4.78 is 6.97. The lowest BCUT2D eigenvalue weighted by Gasteiger charge is -2.08. The van der Waals surface area contributed by atoms with Gasteiger partial charge in [-0.1, -0.05) is 12.1 Å². The summed E-state index contributed by atoms with van der Waals surface area (Å²) in [6, 6.07) is 14.8. The molecule has 0 spiro atoms. The van der Waals surface area contributed by atoms with Gasteiger partial charge in [-0.25, -0.2) is 9.97 Å². The Kier molecular flexibility index (Phi) is 3.66. The molecule has 0 bridgehead atoms. The molecule has 0 aliphatic heterocycles. The molecule has 4 rings (SSSR count). The Morgan fingerprint density at radius 3 is 2.80 bits per heavy atom. The Morgan fingerprint density at radius 2 is 2.00 bits per heavy atom. The molecule has 0 unspecified atom stereocenters. The van der Waals surface area contributed by atoms with Crippen molar-refractivity contribution in [2.45, 2.75) is 0 Å². The number of pyridine rings is 2. The van der Waals surface area contributed by atoms with E-state index in [1.54, 1.807) is 30.3 Å². The van der Waals surface area contributed by atoms with Gasteiger partial charge < -0.3 is 10.1 Å². The molecule has 1 aromatic carbocycles. The first kappa shape index (κ1) is 14.9. The van der Waals surface area contributed by atoms with E-state index >= 15 is 0 Å². The van der Waals surface area contributed by atoms with Crippen LogP contribution in [0.4, 0.5) is 11.6 Å². The van der Waals surface area contributed by atoms with Crippen LogP contribution in [0, 0.1) is 0 Å². The molecule has 0 fully saturated rings. The number of H-pyrrole nitrogens is 1. The van der Waals surface area contributed by atoms with Crippen molar-refractivity contribution in [3.8, 4) is 11.4 Å². The zero-order valence-electron chi connectivity index (χ0n) is 13.4. The molecule has 2 N–H and O–H groups in total. The highest BCUT2D eigenvalue weighted by molar-refractivity contribution is 5.82. The number of hydrogen-bond donors (Lipinski definition) is 2. The minimum Gasteiger partial charge on any atom is -0.497 e. The van der Waals surface area contributed by atoms with Crippen LogP contribution in [0.2, 0.25) is 0 Å². The first-order chi connectivity index (χ1) is 12.2. The van der Waals surface area contributed by atoms with E-state index in [-0.39, 0.29) is 5.56 Å². The molecule has 0 saturated carbocycles. The number of hydrogen-bond acceptors (Lipinski definition) is 5. The van der Waals surface area contributed by atoms with E-state index in [1.807, 2.05) is 42.5 Å². The summed E-state index contributed by atoms with van der Waals surface area (Å²) in [5.41, 5.74) is 1.31. The van der Waals surface area contributed by atoms with Crippen LogP contribution in [0.15, 0.2) is 65.7 Å². The second kappa shape index (κ2) is 6.12. The maximum atomic E-state index is 12.2. The van der Waals surface area contributed by atoms with Gasteiger partial charge >= 0.3 is 0 Å². The van der Waals surface area contributed by atoms with E-state index in [0.29, 0.717) is 28.3 Å². The lowest BCUT2D eigenvalue weighted by molar-refractivity contribution is 0.414. The Labute approximate surface area is 142 Å². The third-order valence-electron chi connectivity index (χ3n) is 3.81. The summed E-state index contributed by atoms with van der Waals surface area (Å²) in [4.78, 5) is 20.7. The molecule has 7 heteroatoms. The Hall–Kier alpha value is -3.61. The average molecular weight is 333 g/mol. The van der Waals surface area contributed by atoms with Crippen LogP contribution in [0.3, 0.4) is 0 Å². The van der Waals surface area contributed by atoms with E-state index in [4.69, 9.17) is 4.74 Å². The second-order valence-electron chi connectivity index (χ2n) is 5.40. The predicted molar refractivity (Wildman–Crippen MR) is 95.8 cm³/mol. The molecule has 25 heavy (non-hydrogen) atoms. The summed E-state index contributed by atoms with van der Waals surface area (Å²) in [5, 5.41) is 6.47. The summed E-state index contributed by atoms with van der Waals surface area (Å²) >= 11 is 0. The molecule has 0 saturated heterocycles. The minimum atomic E-state index is -0.199. The second-order valence-corrected chi connectivity index (χ2v) is 5.40. The number of anilines is 2. The Bertz CT molecular complexity index is 1090. The van der Waals surface area contributed by atoms with Gasteiger partial charge in [-0.3, -0.25) is 14.6 Å². The number of aromatic nitrogens is 4. The normalized spacial score (nSPS) is 10.8. The number of methoxy groups -OCH3 is 1. The Morgan fingerprint density at radius 1 is 1.08 bits per heavy atom. The lowest BCUT2D eigenvalue weighted by Crippen LogP contribution is -2.03. The van der Waals surface area contributed by atoms with Crippen molar-refractivity contribution in [1.82, 2.24) is 19.7 Å². The molecule has 0 radical (unpaired) electrons. The van der Waals surface area contributed by atoms with Crippen LogP contribution in [0.5, 0.6) is 5.75 Å². The molecule has 0 atom stereocenters.